The lowest BCUT2D eigenvalue weighted by Crippen LogP contribution is -2.56. The van der Waals surface area contributed by atoms with Crippen LogP contribution < -0.4 is 5.32 Å². The summed E-state index contributed by atoms with van der Waals surface area (Å²) >= 11 is 1.40. The summed E-state index contributed by atoms with van der Waals surface area (Å²) in [5.41, 5.74) is -0.0658. The first kappa shape index (κ1) is 11.8. The predicted octanol–water partition coefficient (Wildman–Crippen LogP) is 2.23. The monoisotopic (exact) mass is 241 g/mol. The van der Waals surface area contributed by atoms with Crippen LogP contribution in [0.4, 0.5) is 5.13 Å². The number of nitrogens with zero attached hydrogens (tertiary/aromatic N) is 2. The van der Waals surface area contributed by atoms with Crippen LogP contribution in [0, 0.1) is 5.41 Å². The molecule has 2 rings (SSSR count). The van der Waals surface area contributed by atoms with Crippen molar-refractivity contribution in [3.8, 4) is 0 Å². The molecule has 1 aliphatic rings. The maximum absolute atomic E-state index is 9.64. The second kappa shape index (κ2) is 3.96. The summed E-state index contributed by atoms with van der Waals surface area (Å²) in [4.78, 5) is 4.44. The summed E-state index contributed by atoms with van der Waals surface area (Å²) in [6.07, 6.45) is 0.589. The van der Waals surface area contributed by atoms with Gasteiger partial charge in [-0.05, 0) is 6.42 Å². The van der Waals surface area contributed by atoms with E-state index in [4.69, 9.17) is 0 Å². The minimum absolute atomic E-state index is 0.0658. The highest BCUT2D eigenvalue weighted by atomic mass is 32.1. The lowest BCUT2D eigenvalue weighted by molar-refractivity contribution is -0.0510. The van der Waals surface area contributed by atoms with Crippen LogP contribution >= 0.6 is 11.5 Å². The highest BCUT2D eigenvalue weighted by Crippen LogP contribution is 2.42. The number of hydrogen-bond acceptors (Lipinski definition) is 5. The third-order valence-electron chi connectivity index (χ3n) is 3.47. The van der Waals surface area contributed by atoms with E-state index >= 15 is 0 Å². The molecule has 0 aromatic carbocycles. The molecule has 0 spiro atoms. The van der Waals surface area contributed by atoms with Gasteiger partial charge in [-0.15, -0.1) is 0 Å². The Kier molecular flexibility index (Phi) is 2.92. The number of aliphatic hydroxyl groups is 1. The summed E-state index contributed by atoms with van der Waals surface area (Å²) in [7, 11) is 0. The van der Waals surface area contributed by atoms with Crippen molar-refractivity contribution in [2.45, 2.75) is 52.2 Å². The van der Waals surface area contributed by atoms with Crippen molar-refractivity contribution in [3.05, 3.63) is 5.82 Å². The molecule has 2 atom stereocenters. The minimum Gasteiger partial charge on any atom is -0.392 e. The van der Waals surface area contributed by atoms with Gasteiger partial charge in [0.25, 0.3) is 0 Å². The van der Waals surface area contributed by atoms with Crippen LogP contribution in [0.25, 0.3) is 0 Å². The van der Waals surface area contributed by atoms with E-state index in [0.717, 1.165) is 17.4 Å². The summed E-state index contributed by atoms with van der Waals surface area (Å²) in [6, 6.07) is 0.301. The van der Waals surface area contributed by atoms with E-state index in [2.05, 4.69) is 42.4 Å². The van der Waals surface area contributed by atoms with Gasteiger partial charge in [0.15, 0.2) is 0 Å². The molecule has 16 heavy (non-hydrogen) atoms. The molecular formula is C11H19N3OS. The van der Waals surface area contributed by atoms with Crippen molar-refractivity contribution in [1.82, 2.24) is 9.36 Å². The van der Waals surface area contributed by atoms with Crippen LogP contribution in [0.2, 0.25) is 0 Å². The maximum atomic E-state index is 9.64. The maximum Gasteiger partial charge on any atom is 0.202 e. The first-order chi connectivity index (χ1) is 7.41. The number of nitrogens with one attached hydrogen (secondary N) is 1. The fraction of sp³-hybridized carbons (Fsp3) is 0.818. The first-order valence-corrected chi connectivity index (χ1v) is 6.47. The van der Waals surface area contributed by atoms with Crippen LogP contribution in [0.3, 0.4) is 0 Å². The van der Waals surface area contributed by atoms with Crippen molar-refractivity contribution in [3.63, 3.8) is 0 Å². The predicted molar refractivity (Wildman–Crippen MR) is 65.8 cm³/mol. The van der Waals surface area contributed by atoms with E-state index in [9.17, 15) is 5.11 Å². The van der Waals surface area contributed by atoms with E-state index in [0.29, 0.717) is 12.0 Å². The Hall–Kier alpha value is -0.680. The van der Waals surface area contributed by atoms with Gasteiger partial charge in [-0.1, -0.05) is 27.7 Å². The Morgan fingerprint density at radius 2 is 2.19 bits per heavy atom. The SMILES string of the molecule is CC(C)c1nsc(NC2CC(O)C2(C)C)n1. The van der Waals surface area contributed by atoms with Crippen LogP contribution in [-0.4, -0.2) is 26.6 Å². The van der Waals surface area contributed by atoms with E-state index in [1.165, 1.54) is 11.5 Å². The standard InChI is InChI=1S/C11H19N3OS/c1-6(2)9-13-10(16-14-9)12-7-5-8(15)11(7,3)4/h6-8,15H,5H2,1-4H3,(H,12,13,14). The van der Waals surface area contributed by atoms with Crippen LogP contribution in [0.15, 0.2) is 0 Å². The Labute approximate surface area is 100 Å². The number of aromatic nitrogens is 2. The average molecular weight is 241 g/mol. The first-order valence-electron chi connectivity index (χ1n) is 5.69. The van der Waals surface area contributed by atoms with Gasteiger partial charge in [0.1, 0.15) is 5.82 Å². The molecule has 4 nitrogen and oxygen atoms in total. The highest BCUT2D eigenvalue weighted by Gasteiger charge is 2.47. The fourth-order valence-electron chi connectivity index (χ4n) is 1.82. The average Bonchev–Trinajstić information content (AvgIpc) is 2.66. The van der Waals surface area contributed by atoms with Crippen LogP contribution in [-0.2, 0) is 0 Å². The zero-order valence-corrected chi connectivity index (χ0v) is 11.0. The number of anilines is 1. The third kappa shape index (κ3) is 1.94. The Bertz CT molecular complexity index is 375. The number of aliphatic hydroxyl groups excluding tert-OH is 1. The van der Waals surface area contributed by atoms with Gasteiger partial charge in [-0.2, -0.15) is 4.37 Å². The smallest absolute Gasteiger partial charge is 0.202 e. The summed E-state index contributed by atoms with van der Waals surface area (Å²) in [6.45, 7) is 8.32. The fourth-order valence-corrected chi connectivity index (χ4v) is 2.59. The molecule has 2 unspecified atom stereocenters. The molecule has 0 aliphatic heterocycles. The largest absolute Gasteiger partial charge is 0.392 e. The molecule has 1 heterocycles. The summed E-state index contributed by atoms with van der Waals surface area (Å²) in [5.74, 6) is 1.26. The van der Waals surface area contributed by atoms with E-state index < -0.39 is 0 Å². The molecule has 1 saturated carbocycles. The van der Waals surface area contributed by atoms with Crippen molar-refractivity contribution in [1.29, 1.82) is 0 Å². The van der Waals surface area contributed by atoms with Crippen LogP contribution in [0.5, 0.6) is 0 Å². The second-order valence-electron chi connectivity index (χ2n) is 5.38. The van der Waals surface area contributed by atoms with E-state index in [1.807, 2.05) is 0 Å². The number of rotatable bonds is 3. The summed E-state index contributed by atoms with van der Waals surface area (Å²) < 4.78 is 4.30. The molecule has 0 amide bonds. The third-order valence-corrected chi connectivity index (χ3v) is 4.13. The molecule has 0 radical (unpaired) electrons. The number of hydrogen-bond donors (Lipinski definition) is 2. The second-order valence-corrected chi connectivity index (χ2v) is 6.13. The summed E-state index contributed by atoms with van der Waals surface area (Å²) in [5, 5.41) is 13.9. The normalized spacial score (nSPS) is 27.9. The lowest BCUT2D eigenvalue weighted by Gasteiger charge is -2.49. The quantitative estimate of drug-likeness (QED) is 0.852. The van der Waals surface area contributed by atoms with Gasteiger partial charge < -0.3 is 10.4 Å². The molecule has 1 aromatic heterocycles. The molecule has 1 aliphatic carbocycles. The van der Waals surface area contributed by atoms with Gasteiger partial charge in [0.2, 0.25) is 5.13 Å². The molecule has 5 heteroatoms. The van der Waals surface area contributed by atoms with Crippen molar-refractivity contribution >= 4 is 16.7 Å². The van der Waals surface area contributed by atoms with Gasteiger partial charge in [0.05, 0.1) is 6.10 Å². The zero-order chi connectivity index (χ0) is 11.9. The molecule has 90 valence electrons. The highest BCUT2D eigenvalue weighted by molar-refractivity contribution is 7.09. The molecule has 0 bridgehead atoms. The van der Waals surface area contributed by atoms with Crippen LogP contribution in [0.1, 0.15) is 45.9 Å². The van der Waals surface area contributed by atoms with E-state index in [-0.39, 0.29) is 11.5 Å². The van der Waals surface area contributed by atoms with Crippen molar-refractivity contribution < 1.29 is 5.11 Å². The Morgan fingerprint density at radius 3 is 2.62 bits per heavy atom. The lowest BCUT2D eigenvalue weighted by atomic mass is 9.65. The van der Waals surface area contributed by atoms with E-state index in [1.54, 1.807) is 0 Å². The Balaban J connectivity index is 2.00. The molecule has 2 N–H and O–H groups in total. The zero-order valence-electron chi connectivity index (χ0n) is 10.2. The van der Waals surface area contributed by atoms with Gasteiger partial charge in [-0.3, -0.25) is 0 Å². The van der Waals surface area contributed by atoms with Gasteiger partial charge in [-0.25, -0.2) is 4.98 Å². The topological polar surface area (TPSA) is 58.0 Å². The molecule has 1 aromatic rings. The van der Waals surface area contributed by atoms with Gasteiger partial charge >= 0.3 is 0 Å². The Morgan fingerprint density at radius 1 is 1.50 bits per heavy atom. The van der Waals surface area contributed by atoms with Gasteiger partial charge in [0, 0.05) is 28.9 Å². The van der Waals surface area contributed by atoms with Crippen molar-refractivity contribution in [2.24, 2.45) is 5.41 Å². The molecular weight excluding hydrogens is 222 g/mol. The van der Waals surface area contributed by atoms with Crippen molar-refractivity contribution in [2.75, 3.05) is 5.32 Å². The molecule has 1 fully saturated rings. The molecule has 0 saturated heterocycles. The minimum atomic E-state index is -0.206.